The molecule has 23 heavy (non-hydrogen) atoms. The van der Waals surface area contributed by atoms with Crippen molar-refractivity contribution in [3.05, 3.63) is 62.8 Å². The predicted molar refractivity (Wildman–Crippen MR) is 89.2 cm³/mol. The van der Waals surface area contributed by atoms with Crippen LogP contribution in [0.3, 0.4) is 0 Å². The van der Waals surface area contributed by atoms with Crippen LogP contribution in [0.5, 0.6) is 5.75 Å². The molecule has 0 radical (unpaired) electrons. The first kappa shape index (κ1) is 17.7. The van der Waals surface area contributed by atoms with Gasteiger partial charge in [-0.1, -0.05) is 33.6 Å². The standard InChI is InChI=1S/C16H14BrClFNO3/c17-12-2-4-15(11(5-12)7-20-8-16(21)22)23-9-10-1-3-13(19)6-14(10)18/h1-6,20H,7-9H2,(H,21,22). The van der Waals surface area contributed by atoms with Crippen LogP contribution in [0.4, 0.5) is 4.39 Å². The van der Waals surface area contributed by atoms with Crippen molar-refractivity contribution < 1.29 is 19.0 Å². The molecule has 0 aliphatic heterocycles. The van der Waals surface area contributed by atoms with E-state index in [0.29, 0.717) is 22.9 Å². The Morgan fingerprint density at radius 3 is 2.74 bits per heavy atom. The quantitative estimate of drug-likeness (QED) is 0.735. The zero-order valence-electron chi connectivity index (χ0n) is 12.0. The van der Waals surface area contributed by atoms with Crippen LogP contribution in [0.15, 0.2) is 40.9 Å². The number of ether oxygens (including phenoxy) is 1. The lowest BCUT2D eigenvalue weighted by molar-refractivity contribution is -0.136. The molecule has 0 fully saturated rings. The molecule has 0 bridgehead atoms. The Morgan fingerprint density at radius 2 is 2.04 bits per heavy atom. The van der Waals surface area contributed by atoms with E-state index in [1.54, 1.807) is 12.1 Å². The van der Waals surface area contributed by atoms with Crippen LogP contribution in [0.25, 0.3) is 0 Å². The average molecular weight is 403 g/mol. The van der Waals surface area contributed by atoms with Crippen molar-refractivity contribution in [3.63, 3.8) is 0 Å². The number of carbonyl (C=O) groups is 1. The molecule has 0 unspecified atom stereocenters. The molecule has 0 aromatic heterocycles. The SMILES string of the molecule is O=C(O)CNCc1cc(Br)ccc1OCc1ccc(F)cc1Cl. The second-order valence-corrected chi connectivity index (χ2v) is 6.10. The summed E-state index contributed by atoms with van der Waals surface area (Å²) in [5, 5.41) is 11.8. The van der Waals surface area contributed by atoms with Gasteiger partial charge in [-0.15, -0.1) is 0 Å². The molecule has 0 heterocycles. The van der Waals surface area contributed by atoms with Crippen LogP contribution in [-0.2, 0) is 17.9 Å². The summed E-state index contributed by atoms with van der Waals surface area (Å²) in [5.74, 6) is -0.729. The lowest BCUT2D eigenvalue weighted by Gasteiger charge is -2.13. The highest BCUT2D eigenvalue weighted by Crippen LogP contribution is 2.25. The van der Waals surface area contributed by atoms with Crippen LogP contribution >= 0.6 is 27.5 Å². The van der Waals surface area contributed by atoms with Crippen molar-refractivity contribution in [1.29, 1.82) is 0 Å². The van der Waals surface area contributed by atoms with Gasteiger partial charge in [-0.3, -0.25) is 4.79 Å². The summed E-state index contributed by atoms with van der Waals surface area (Å²) in [6.07, 6.45) is 0. The minimum atomic E-state index is -0.930. The Labute approximate surface area is 146 Å². The molecule has 0 atom stereocenters. The first-order valence-corrected chi connectivity index (χ1v) is 7.90. The van der Waals surface area contributed by atoms with E-state index in [0.717, 1.165) is 10.0 Å². The Morgan fingerprint density at radius 1 is 1.26 bits per heavy atom. The highest BCUT2D eigenvalue weighted by molar-refractivity contribution is 9.10. The van der Waals surface area contributed by atoms with Crippen LogP contribution < -0.4 is 10.1 Å². The summed E-state index contributed by atoms with van der Waals surface area (Å²) in [7, 11) is 0. The molecule has 7 heteroatoms. The molecule has 2 aromatic carbocycles. The van der Waals surface area contributed by atoms with Crippen molar-refractivity contribution in [2.75, 3.05) is 6.54 Å². The normalized spacial score (nSPS) is 10.6. The zero-order valence-corrected chi connectivity index (χ0v) is 14.3. The Bertz CT molecular complexity index is 712. The Hall–Kier alpha value is -1.63. The topological polar surface area (TPSA) is 58.6 Å². The summed E-state index contributed by atoms with van der Waals surface area (Å²) in [6, 6.07) is 9.57. The zero-order chi connectivity index (χ0) is 16.8. The molecule has 2 aromatic rings. The van der Waals surface area contributed by atoms with E-state index in [2.05, 4.69) is 21.2 Å². The Balaban J connectivity index is 2.07. The third-order valence-corrected chi connectivity index (χ3v) is 3.86. The smallest absolute Gasteiger partial charge is 0.317 e. The van der Waals surface area contributed by atoms with Gasteiger partial charge in [0.1, 0.15) is 18.2 Å². The van der Waals surface area contributed by atoms with E-state index in [-0.39, 0.29) is 13.2 Å². The number of carboxylic acids is 1. The number of benzene rings is 2. The van der Waals surface area contributed by atoms with Gasteiger partial charge in [-0.2, -0.15) is 0 Å². The van der Waals surface area contributed by atoms with Crippen LogP contribution in [0.2, 0.25) is 5.02 Å². The van der Waals surface area contributed by atoms with Gasteiger partial charge in [0.05, 0.1) is 11.6 Å². The van der Waals surface area contributed by atoms with E-state index < -0.39 is 11.8 Å². The summed E-state index contributed by atoms with van der Waals surface area (Å²) < 4.78 is 19.6. The highest BCUT2D eigenvalue weighted by Gasteiger charge is 2.08. The first-order chi connectivity index (χ1) is 11.0. The van der Waals surface area contributed by atoms with Crippen LogP contribution in [0.1, 0.15) is 11.1 Å². The van der Waals surface area contributed by atoms with Gasteiger partial charge in [-0.25, -0.2) is 4.39 Å². The van der Waals surface area contributed by atoms with Gasteiger partial charge in [0, 0.05) is 22.1 Å². The van der Waals surface area contributed by atoms with E-state index in [4.69, 9.17) is 21.4 Å². The summed E-state index contributed by atoms with van der Waals surface area (Å²) in [4.78, 5) is 10.6. The number of carboxylic acid groups (broad SMARTS) is 1. The number of aliphatic carboxylic acids is 1. The highest BCUT2D eigenvalue weighted by atomic mass is 79.9. The van der Waals surface area contributed by atoms with Crippen molar-refractivity contribution in [2.45, 2.75) is 13.2 Å². The van der Waals surface area contributed by atoms with Crippen molar-refractivity contribution in [3.8, 4) is 5.75 Å². The molecule has 0 saturated carbocycles. The maximum Gasteiger partial charge on any atom is 0.317 e. The lowest BCUT2D eigenvalue weighted by Crippen LogP contribution is -2.22. The third kappa shape index (κ3) is 5.49. The summed E-state index contributed by atoms with van der Waals surface area (Å²) in [6.45, 7) is 0.390. The van der Waals surface area contributed by atoms with Gasteiger partial charge in [0.2, 0.25) is 0 Å². The molecular weight excluding hydrogens is 389 g/mol. The average Bonchev–Trinajstić information content (AvgIpc) is 2.47. The van der Waals surface area contributed by atoms with Crippen LogP contribution in [-0.4, -0.2) is 17.6 Å². The molecule has 0 aliphatic carbocycles. The van der Waals surface area contributed by atoms with Gasteiger partial charge in [0.15, 0.2) is 0 Å². The second-order valence-electron chi connectivity index (χ2n) is 4.77. The Kier molecular flexibility index (Phi) is 6.38. The van der Waals surface area contributed by atoms with Gasteiger partial charge in [-0.05, 0) is 30.3 Å². The van der Waals surface area contributed by atoms with Gasteiger partial charge in [0.25, 0.3) is 0 Å². The molecule has 2 rings (SSSR count). The molecule has 0 spiro atoms. The molecule has 0 aliphatic rings. The van der Waals surface area contributed by atoms with E-state index in [1.807, 2.05) is 12.1 Å². The molecule has 0 saturated heterocycles. The molecular formula is C16H14BrClFNO3. The van der Waals surface area contributed by atoms with Crippen molar-refractivity contribution in [1.82, 2.24) is 5.32 Å². The van der Waals surface area contributed by atoms with Crippen molar-refractivity contribution >= 4 is 33.5 Å². The fourth-order valence-corrected chi connectivity index (χ4v) is 2.56. The maximum absolute atomic E-state index is 13.0. The van der Waals surface area contributed by atoms with E-state index >= 15 is 0 Å². The molecule has 122 valence electrons. The fourth-order valence-electron chi connectivity index (χ4n) is 1.93. The molecule has 2 N–H and O–H groups in total. The second kappa shape index (κ2) is 8.29. The fraction of sp³-hybridized carbons (Fsp3) is 0.188. The predicted octanol–water partition coefficient (Wildman–Crippen LogP) is 3.99. The third-order valence-electron chi connectivity index (χ3n) is 3.01. The largest absolute Gasteiger partial charge is 0.489 e. The summed E-state index contributed by atoms with van der Waals surface area (Å²) >= 11 is 9.34. The maximum atomic E-state index is 13.0. The minimum absolute atomic E-state index is 0.143. The molecule has 0 amide bonds. The number of hydrogen-bond donors (Lipinski definition) is 2. The summed E-state index contributed by atoms with van der Waals surface area (Å²) in [5.41, 5.74) is 1.47. The monoisotopic (exact) mass is 401 g/mol. The number of halogens is 3. The minimum Gasteiger partial charge on any atom is -0.489 e. The van der Waals surface area contributed by atoms with Gasteiger partial charge >= 0.3 is 5.97 Å². The van der Waals surface area contributed by atoms with Crippen molar-refractivity contribution in [2.24, 2.45) is 0 Å². The molecule has 4 nitrogen and oxygen atoms in total. The lowest BCUT2D eigenvalue weighted by atomic mass is 10.2. The van der Waals surface area contributed by atoms with E-state index in [9.17, 15) is 9.18 Å². The number of hydrogen-bond acceptors (Lipinski definition) is 3. The van der Waals surface area contributed by atoms with E-state index in [1.165, 1.54) is 12.1 Å². The number of nitrogens with one attached hydrogen (secondary N) is 1. The first-order valence-electron chi connectivity index (χ1n) is 6.73. The van der Waals surface area contributed by atoms with Crippen LogP contribution in [0, 0.1) is 5.82 Å². The van der Waals surface area contributed by atoms with Gasteiger partial charge < -0.3 is 15.2 Å². The number of rotatable bonds is 7.